The van der Waals surface area contributed by atoms with E-state index >= 15 is 0 Å². The van der Waals surface area contributed by atoms with Crippen molar-refractivity contribution in [1.29, 1.82) is 0 Å². The molecule has 8 nitrogen and oxygen atoms in total. The van der Waals surface area contributed by atoms with Crippen molar-refractivity contribution in [2.75, 3.05) is 12.9 Å². The van der Waals surface area contributed by atoms with Gasteiger partial charge in [0.2, 0.25) is 6.29 Å². The zero-order chi connectivity index (χ0) is 21.2. The number of hydrogen-bond acceptors (Lipinski definition) is 8. The number of benzene rings is 1. The molecule has 10 heteroatoms. The van der Waals surface area contributed by atoms with Crippen molar-refractivity contribution in [1.82, 2.24) is 0 Å². The van der Waals surface area contributed by atoms with Gasteiger partial charge in [-0.05, 0) is 18.6 Å². The van der Waals surface area contributed by atoms with E-state index < -0.39 is 33.5 Å². The van der Waals surface area contributed by atoms with Crippen LogP contribution in [0.3, 0.4) is 0 Å². The van der Waals surface area contributed by atoms with Crippen LogP contribution in [0.4, 0.5) is 0 Å². The number of ketones is 2. The number of sulfone groups is 1. The van der Waals surface area contributed by atoms with E-state index in [2.05, 4.69) is 0 Å². The summed E-state index contributed by atoms with van der Waals surface area (Å²) in [5, 5.41) is 10.4. The normalized spacial score (nSPS) is 17.2. The summed E-state index contributed by atoms with van der Waals surface area (Å²) in [6.45, 7) is 0.00718. The van der Waals surface area contributed by atoms with Crippen molar-refractivity contribution in [2.45, 2.75) is 36.9 Å². The first-order valence-electron chi connectivity index (χ1n) is 8.81. The minimum absolute atomic E-state index is 0.00718. The molecule has 0 radical (unpaired) electrons. The van der Waals surface area contributed by atoms with Crippen LogP contribution in [0.15, 0.2) is 35.1 Å². The summed E-state index contributed by atoms with van der Waals surface area (Å²) in [5.41, 5.74) is -0.377. The summed E-state index contributed by atoms with van der Waals surface area (Å²) < 4.78 is 40.1. The third-order valence-corrected chi connectivity index (χ3v) is 5.93. The molecule has 1 aromatic carbocycles. The summed E-state index contributed by atoms with van der Waals surface area (Å²) >= 11 is 6.34. The Labute approximate surface area is 172 Å². The lowest BCUT2D eigenvalue weighted by Crippen LogP contribution is -2.20. The number of aliphatic hydroxyl groups is 1. The van der Waals surface area contributed by atoms with Crippen LogP contribution in [0.2, 0.25) is 5.02 Å². The standard InChI is InChI=1S/C19H19ClO8S/c1-29(24,25)14-6-5-11(18(23)16-12(21)3-2-4-13(16)22)17(20)19(14)28-8-7-15-26-9-10-27-15/h5-6,9-10,15,23H,2-4,7-8H2,1H3. The summed E-state index contributed by atoms with van der Waals surface area (Å²) in [7, 11) is -3.71. The lowest BCUT2D eigenvalue weighted by molar-refractivity contribution is -0.123. The number of allylic oxidation sites excluding steroid dienone is 1. The predicted molar refractivity (Wildman–Crippen MR) is 103 cm³/mol. The lowest BCUT2D eigenvalue weighted by Gasteiger charge is -2.18. The molecule has 2 aliphatic rings. The van der Waals surface area contributed by atoms with Gasteiger partial charge in [-0.25, -0.2) is 8.42 Å². The maximum atomic E-state index is 12.1. The highest BCUT2D eigenvalue weighted by Gasteiger charge is 2.30. The van der Waals surface area contributed by atoms with Gasteiger partial charge in [-0.1, -0.05) is 11.6 Å². The first-order valence-corrected chi connectivity index (χ1v) is 11.1. The second kappa shape index (κ2) is 8.46. The van der Waals surface area contributed by atoms with Gasteiger partial charge in [-0.3, -0.25) is 9.59 Å². The number of ether oxygens (including phenoxy) is 3. The largest absolute Gasteiger partial charge is 0.506 e. The Kier molecular flexibility index (Phi) is 6.18. The summed E-state index contributed by atoms with van der Waals surface area (Å²) in [6, 6.07) is 2.46. The smallest absolute Gasteiger partial charge is 0.242 e. The molecule has 3 rings (SSSR count). The van der Waals surface area contributed by atoms with Gasteiger partial charge in [-0.2, -0.15) is 0 Å². The van der Waals surface area contributed by atoms with E-state index in [0.717, 1.165) is 6.26 Å². The molecule has 0 unspecified atom stereocenters. The van der Waals surface area contributed by atoms with Crippen LogP contribution in [0, 0.1) is 0 Å². The van der Waals surface area contributed by atoms with Crippen LogP contribution < -0.4 is 4.74 Å². The molecule has 1 heterocycles. The Morgan fingerprint density at radius 1 is 1.21 bits per heavy atom. The van der Waals surface area contributed by atoms with Gasteiger partial charge < -0.3 is 19.3 Å². The molecule has 0 bridgehead atoms. The van der Waals surface area contributed by atoms with Crippen LogP contribution in [0.5, 0.6) is 5.75 Å². The van der Waals surface area contributed by atoms with E-state index in [4.69, 9.17) is 25.8 Å². The second-order valence-electron chi connectivity index (χ2n) is 6.56. The SMILES string of the molecule is CS(=O)(=O)c1ccc(C(O)=C2C(=O)CCCC2=O)c(Cl)c1OCCC1OC=CO1. The van der Waals surface area contributed by atoms with Gasteiger partial charge in [0.1, 0.15) is 28.8 Å². The van der Waals surface area contributed by atoms with Gasteiger partial charge in [0.15, 0.2) is 27.2 Å². The van der Waals surface area contributed by atoms with E-state index in [9.17, 15) is 23.1 Å². The van der Waals surface area contributed by atoms with Crippen LogP contribution in [0.1, 0.15) is 31.2 Å². The zero-order valence-corrected chi connectivity index (χ0v) is 17.1. The molecule has 0 aromatic heterocycles. The third kappa shape index (κ3) is 4.56. The van der Waals surface area contributed by atoms with Crippen molar-refractivity contribution in [3.05, 3.63) is 40.8 Å². The molecule has 1 aliphatic heterocycles. The van der Waals surface area contributed by atoms with Crippen molar-refractivity contribution in [3.8, 4) is 5.75 Å². The molecule has 1 saturated carbocycles. The van der Waals surface area contributed by atoms with E-state index in [1.807, 2.05) is 0 Å². The number of Topliss-reactive ketones (excluding diaryl/α,β-unsaturated/α-hetero) is 2. The van der Waals surface area contributed by atoms with E-state index in [1.54, 1.807) is 0 Å². The molecule has 1 aromatic rings. The number of halogens is 1. The van der Waals surface area contributed by atoms with Crippen molar-refractivity contribution in [3.63, 3.8) is 0 Å². The molecule has 0 saturated heterocycles. The average molecular weight is 443 g/mol. The molecule has 29 heavy (non-hydrogen) atoms. The number of aliphatic hydroxyl groups excluding tert-OH is 1. The van der Waals surface area contributed by atoms with Gasteiger partial charge in [-0.15, -0.1) is 0 Å². The zero-order valence-electron chi connectivity index (χ0n) is 15.5. The van der Waals surface area contributed by atoms with E-state index in [1.165, 1.54) is 24.7 Å². The summed E-state index contributed by atoms with van der Waals surface area (Å²) in [6.07, 6.45) is 4.17. The molecule has 1 aliphatic carbocycles. The summed E-state index contributed by atoms with van der Waals surface area (Å²) in [4.78, 5) is 24.1. The Hall–Kier alpha value is -2.52. The van der Waals surface area contributed by atoms with Crippen LogP contribution in [-0.4, -0.2) is 44.2 Å². The van der Waals surface area contributed by atoms with E-state index in [0.29, 0.717) is 6.42 Å². The fourth-order valence-corrected chi connectivity index (χ4v) is 4.20. The molecule has 0 amide bonds. The van der Waals surface area contributed by atoms with Gasteiger partial charge in [0.25, 0.3) is 0 Å². The molecule has 1 N–H and O–H groups in total. The summed E-state index contributed by atoms with van der Waals surface area (Å²) in [5.74, 6) is -1.72. The Bertz CT molecular complexity index is 983. The molecular formula is C19H19ClO8S. The quantitative estimate of drug-likeness (QED) is 0.406. The van der Waals surface area contributed by atoms with Crippen LogP contribution >= 0.6 is 11.6 Å². The minimum atomic E-state index is -3.71. The van der Waals surface area contributed by atoms with Gasteiger partial charge >= 0.3 is 0 Å². The van der Waals surface area contributed by atoms with Crippen molar-refractivity contribution < 1.29 is 37.3 Å². The first-order chi connectivity index (χ1) is 13.7. The number of hydrogen-bond donors (Lipinski definition) is 1. The topological polar surface area (TPSA) is 116 Å². The van der Waals surface area contributed by atoms with Gasteiger partial charge in [0.05, 0.1) is 18.1 Å². The number of carbonyl (C=O) groups excluding carboxylic acids is 2. The molecule has 0 spiro atoms. The average Bonchev–Trinajstić information content (AvgIpc) is 3.15. The van der Waals surface area contributed by atoms with Crippen LogP contribution in [-0.2, 0) is 28.9 Å². The Balaban J connectivity index is 1.98. The van der Waals surface area contributed by atoms with Crippen molar-refractivity contribution >= 4 is 38.8 Å². The fraction of sp³-hybridized carbons (Fsp3) is 0.368. The lowest BCUT2D eigenvalue weighted by atomic mass is 9.90. The highest BCUT2D eigenvalue weighted by Crippen LogP contribution is 2.39. The maximum Gasteiger partial charge on any atom is 0.242 e. The second-order valence-corrected chi connectivity index (χ2v) is 8.92. The Morgan fingerprint density at radius 3 is 2.41 bits per heavy atom. The monoisotopic (exact) mass is 442 g/mol. The number of rotatable bonds is 6. The molecule has 0 atom stereocenters. The van der Waals surface area contributed by atoms with E-state index in [-0.39, 0.29) is 52.7 Å². The minimum Gasteiger partial charge on any atom is -0.506 e. The highest BCUT2D eigenvalue weighted by atomic mass is 35.5. The van der Waals surface area contributed by atoms with Gasteiger partial charge in [0, 0.05) is 24.7 Å². The fourth-order valence-electron chi connectivity index (χ4n) is 3.03. The maximum absolute atomic E-state index is 12.1. The predicted octanol–water partition coefficient (Wildman–Crippen LogP) is 2.95. The first kappa shape index (κ1) is 21.2. The van der Waals surface area contributed by atoms with Crippen LogP contribution in [0.25, 0.3) is 5.76 Å². The molecular weight excluding hydrogens is 424 g/mol. The molecule has 156 valence electrons. The Morgan fingerprint density at radius 2 is 1.83 bits per heavy atom. The van der Waals surface area contributed by atoms with Crippen molar-refractivity contribution in [2.24, 2.45) is 0 Å². The number of carbonyl (C=O) groups is 2. The highest BCUT2D eigenvalue weighted by molar-refractivity contribution is 7.90. The third-order valence-electron chi connectivity index (χ3n) is 4.43. The molecule has 1 fully saturated rings.